The third-order valence-electron chi connectivity index (χ3n) is 4.47. The summed E-state index contributed by atoms with van der Waals surface area (Å²) in [6.07, 6.45) is 3.92. The van der Waals surface area contributed by atoms with Crippen LogP contribution in [0.3, 0.4) is 0 Å². The maximum atomic E-state index is 12.8. The van der Waals surface area contributed by atoms with Crippen molar-refractivity contribution in [1.29, 1.82) is 0 Å². The maximum absolute atomic E-state index is 12.8. The summed E-state index contributed by atoms with van der Waals surface area (Å²) in [5, 5.41) is 0. The number of hydrogen-bond donors (Lipinski definition) is 1. The highest BCUT2D eigenvalue weighted by molar-refractivity contribution is 5.92. The summed E-state index contributed by atoms with van der Waals surface area (Å²) in [7, 11) is 1.76. The molecule has 0 saturated carbocycles. The molecule has 4 rings (SSSR count). The van der Waals surface area contributed by atoms with E-state index in [1.165, 1.54) is 5.56 Å². The monoisotopic (exact) mass is 361 g/mol. The Morgan fingerprint density at radius 3 is 2.74 bits per heavy atom. The molecule has 2 N–H and O–H groups in total. The maximum Gasteiger partial charge on any atom is 0.272 e. The number of fused-ring (bicyclic) bond motifs is 1. The van der Waals surface area contributed by atoms with E-state index in [2.05, 4.69) is 21.0 Å². The Hall–Kier alpha value is -3.48. The topological polar surface area (TPSA) is 94.2 Å². The summed E-state index contributed by atoms with van der Waals surface area (Å²) in [5.74, 6) is 0.933. The largest absolute Gasteiger partial charge is 0.488 e. The molecule has 1 atom stereocenters. The first-order valence-electron chi connectivity index (χ1n) is 8.65. The summed E-state index contributed by atoms with van der Waals surface area (Å²) < 4.78 is 5.93. The van der Waals surface area contributed by atoms with Crippen molar-refractivity contribution >= 4 is 11.9 Å². The van der Waals surface area contributed by atoms with Gasteiger partial charge in [0, 0.05) is 31.4 Å². The molecule has 1 aliphatic rings. The highest BCUT2D eigenvalue weighted by atomic mass is 16.5. The molecule has 3 heterocycles. The molecule has 3 aromatic rings. The first kappa shape index (κ1) is 17.0. The molecule has 27 heavy (non-hydrogen) atoms. The van der Waals surface area contributed by atoms with E-state index in [1.807, 2.05) is 24.3 Å². The fraction of sp³-hybridized carbons (Fsp3) is 0.200. The van der Waals surface area contributed by atoms with Gasteiger partial charge in [0.1, 0.15) is 17.5 Å². The first-order chi connectivity index (χ1) is 13.1. The van der Waals surface area contributed by atoms with Crippen LogP contribution in [0.5, 0.6) is 5.75 Å². The molecule has 7 nitrogen and oxygen atoms in total. The number of carbonyl (C=O) groups excluding carboxylic acids is 1. The Labute approximate surface area is 156 Å². The van der Waals surface area contributed by atoms with Crippen LogP contribution in [0.4, 0.5) is 5.95 Å². The van der Waals surface area contributed by atoms with Gasteiger partial charge in [0.15, 0.2) is 0 Å². The number of para-hydroxylation sites is 1. The number of hydrogen-bond acceptors (Lipinski definition) is 6. The third kappa shape index (κ3) is 3.57. The van der Waals surface area contributed by atoms with E-state index < -0.39 is 0 Å². The lowest BCUT2D eigenvalue weighted by Gasteiger charge is -2.21. The lowest BCUT2D eigenvalue weighted by atomic mass is 10.1. The van der Waals surface area contributed by atoms with Crippen molar-refractivity contribution in [1.82, 2.24) is 19.9 Å². The number of likely N-dealkylation sites (N-methyl/N-ethyl adjacent to an activating group) is 1. The highest BCUT2D eigenvalue weighted by Crippen LogP contribution is 2.28. The third-order valence-corrected chi connectivity index (χ3v) is 4.47. The molecule has 0 radical (unpaired) electrons. The van der Waals surface area contributed by atoms with Gasteiger partial charge in [-0.1, -0.05) is 24.3 Å². The van der Waals surface area contributed by atoms with Gasteiger partial charge in [-0.25, -0.2) is 15.0 Å². The van der Waals surface area contributed by atoms with Gasteiger partial charge in [-0.15, -0.1) is 0 Å². The zero-order valence-corrected chi connectivity index (χ0v) is 14.9. The van der Waals surface area contributed by atoms with Crippen LogP contribution in [0.2, 0.25) is 0 Å². The minimum absolute atomic E-state index is 0.0509. The number of nitrogen functional groups attached to an aromatic ring is 1. The number of anilines is 1. The SMILES string of the molecule is CN(C[C@@H]1Cc2ccccc2O1)C(=O)c1cccc(-c2cnc(N)nc2)n1. The van der Waals surface area contributed by atoms with Crippen LogP contribution in [-0.4, -0.2) is 45.5 Å². The minimum Gasteiger partial charge on any atom is -0.488 e. The van der Waals surface area contributed by atoms with Crippen LogP contribution in [-0.2, 0) is 6.42 Å². The predicted octanol–water partition coefficient (Wildman–Crippen LogP) is 2.20. The van der Waals surface area contributed by atoms with Gasteiger partial charge < -0.3 is 15.4 Å². The van der Waals surface area contributed by atoms with Crippen molar-refractivity contribution in [3.05, 3.63) is 66.1 Å². The van der Waals surface area contributed by atoms with Gasteiger partial charge in [-0.2, -0.15) is 0 Å². The van der Waals surface area contributed by atoms with E-state index in [4.69, 9.17) is 10.5 Å². The molecule has 7 heteroatoms. The predicted molar refractivity (Wildman–Crippen MR) is 101 cm³/mol. The standard InChI is InChI=1S/C20H19N5O2/c1-25(12-15-9-13-5-2-3-8-18(13)27-15)19(26)17-7-4-6-16(24-17)14-10-22-20(21)23-11-14/h2-8,10-11,15H,9,12H2,1H3,(H2,21,22,23)/t15-/m0/s1. The van der Waals surface area contributed by atoms with Gasteiger partial charge in [0.2, 0.25) is 5.95 Å². The molecule has 0 spiro atoms. The summed E-state index contributed by atoms with van der Waals surface area (Å²) >= 11 is 0. The molecule has 0 aliphatic carbocycles. The lowest BCUT2D eigenvalue weighted by Crippen LogP contribution is -2.36. The van der Waals surface area contributed by atoms with E-state index in [0.717, 1.165) is 12.2 Å². The second kappa shape index (κ2) is 7.03. The van der Waals surface area contributed by atoms with Crippen molar-refractivity contribution in [3.8, 4) is 17.0 Å². The number of benzene rings is 1. The minimum atomic E-state index is -0.159. The summed E-state index contributed by atoms with van der Waals surface area (Å²) in [6, 6.07) is 13.3. The number of aromatic nitrogens is 3. The number of carbonyl (C=O) groups is 1. The molecule has 0 fully saturated rings. The lowest BCUT2D eigenvalue weighted by molar-refractivity contribution is 0.0725. The van der Waals surface area contributed by atoms with Crippen LogP contribution in [0.15, 0.2) is 54.9 Å². The second-order valence-electron chi connectivity index (χ2n) is 6.48. The molecule has 1 amide bonds. The fourth-order valence-corrected chi connectivity index (χ4v) is 3.12. The molecule has 1 aliphatic heterocycles. The molecule has 1 aromatic carbocycles. The van der Waals surface area contributed by atoms with Gasteiger partial charge in [-0.05, 0) is 23.8 Å². The average molecular weight is 361 g/mol. The Bertz CT molecular complexity index is 949. The summed E-state index contributed by atoms with van der Waals surface area (Å²) in [5.41, 5.74) is 8.38. The Kier molecular flexibility index (Phi) is 4.42. The second-order valence-corrected chi connectivity index (χ2v) is 6.48. The van der Waals surface area contributed by atoms with Crippen LogP contribution in [0.25, 0.3) is 11.3 Å². The number of rotatable bonds is 4. The van der Waals surface area contributed by atoms with Gasteiger partial charge in [0.25, 0.3) is 5.91 Å². The van der Waals surface area contributed by atoms with E-state index in [1.54, 1.807) is 36.5 Å². The smallest absolute Gasteiger partial charge is 0.272 e. The Morgan fingerprint density at radius 1 is 1.19 bits per heavy atom. The number of nitrogens with zero attached hydrogens (tertiary/aromatic N) is 4. The molecular weight excluding hydrogens is 342 g/mol. The molecule has 0 bridgehead atoms. The quantitative estimate of drug-likeness (QED) is 0.765. The van der Waals surface area contributed by atoms with Crippen molar-refractivity contribution in [2.24, 2.45) is 0 Å². The molecular formula is C20H19N5O2. The van der Waals surface area contributed by atoms with Gasteiger partial charge in [0.05, 0.1) is 12.2 Å². The Morgan fingerprint density at radius 2 is 1.96 bits per heavy atom. The normalized spacial score (nSPS) is 15.1. The van der Waals surface area contributed by atoms with Crippen molar-refractivity contribution < 1.29 is 9.53 Å². The van der Waals surface area contributed by atoms with E-state index in [0.29, 0.717) is 23.5 Å². The van der Waals surface area contributed by atoms with E-state index in [9.17, 15) is 4.79 Å². The molecule has 0 saturated heterocycles. The summed E-state index contributed by atoms with van der Waals surface area (Å²) in [4.78, 5) is 26.8. The molecule has 136 valence electrons. The zero-order chi connectivity index (χ0) is 18.8. The van der Waals surface area contributed by atoms with Gasteiger partial charge in [-0.3, -0.25) is 4.79 Å². The van der Waals surface area contributed by atoms with E-state index >= 15 is 0 Å². The summed E-state index contributed by atoms with van der Waals surface area (Å²) in [6.45, 7) is 0.490. The van der Waals surface area contributed by atoms with E-state index in [-0.39, 0.29) is 18.0 Å². The van der Waals surface area contributed by atoms with Gasteiger partial charge >= 0.3 is 0 Å². The molecule has 0 unspecified atom stereocenters. The number of amides is 1. The number of pyridine rings is 1. The first-order valence-corrected chi connectivity index (χ1v) is 8.65. The van der Waals surface area contributed by atoms with Crippen LogP contribution >= 0.6 is 0 Å². The fourth-order valence-electron chi connectivity index (χ4n) is 3.12. The van der Waals surface area contributed by atoms with Crippen LogP contribution in [0, 0.1) is 0 Å². The van der Waals surface area contributed by atoms with Crippen molar-refractivity contribution in [2.45, 2.75) is 12.5 Å². The zero-order valence-electron chi connectivity index (χ0n) is 14.9. The molecule has 2 aromatic heterocycles. The van der Waals surface area contributed by atoms with Crippen molar-refractivity contribution in [3.63, 3.8) is 0 Å². The Balaban J connectivity index is 1.46. The van der Waals surface area contributed by atoms with Crippen LogP contribution in [0.1, 0.15) is 16.1 Å². The number of nitrogens with two attached hydrogens (primary N) is 1. The number of ether oxygens (including phenoxy) is 1. The highest BCUT2D eigenvalue weighted by Gasteiger charge is 2.25. The van der Waals surface area contributed by atoms with Crippen molar-refractivity contribution in [2.75, 3.05) is 19.3 Å². The van der Waals surface area contributed by atoms with Crippen LogP contribution < -0.4 is 10.5 Å². The average Bonchev–Trinajstić information content (AvgIpc) is 3.10.